The zero-order valence-corrected chi connectivity index (χ0v) is 76.4. The predicted molar refractivity (Wildman–Crippen MR) is 480 cm³/mol. The summed E-state index contributed by atoms with van der Waals surface area (Å²) in [6, 6.07) is 38.5. The highest BCUT2D eigenvalue weighted by Crippen LogP contribution is 2.45. The summed E-state index contributed by atoms with van der Waals surface area (Å²) in [4.78, 5) is 94.7. The number of nitrogens with one attached hydrogen (secondary N) is 3. The SMILES string of the molecule is CC(C)Oc1ccc2cc([C@@H](O)C(=O)N[C@H](C(=O)N3C4CCC3CC(N)C4)C(F)(F)c3ccc(Br)cc3)ccc2c1.CC(C)Oc1ccc2cc([C@H](O)C(=O)N[C@H](C(=O)N3C4CCC3CC(N)C4)C(F)(F)c3ccc(Br)cc3)ccc2c1.CC(C)Oc1ccc2cc([C@H](O)C(=O)N[C@H](C(=O)N3C4CCC3CC(N)C4)C(F)(F)c3ccc(Br)cc3)ccc2c1.O=C(O)C(F)(F)F. The zero-order valence-electron chi connectivity index (χ0n) is 71.7. The highest BCUT2D eigenvalue weighted by atomic mass is 79.9. The van der Waals surface area contributed by atoms with Gasteiger partial charge in [0.2, 0.25) is 0 Å². The van der Waals surface area contributed by atoms with Gasteiger partial charge in [0.1, 0.15) is 17.2 Å². The highest BCUT2D eigenvalue weighted by molar-refractivity contribution is 9.11. The van der Waals surface area contributed by atoms with Gasteiger partial charge in [-0.2, -0.15) is 39.5 Å². The van der Waals surface area contributed by atoms with E-state index in [1.54, 1.807) is 91.0 Å². The van der Waals surface area contributed by atoms with Crippen LogP contribution in [0.4, 0.5) is 39.5 Å². The van der Waals surface area contributed by atoms with Gasteiger partial charge in [-0.1, -0.05) is 139 Å². The van der Waals surface area contributed by atoms with Crippen LogP contribution in [0.15, 0.2) is 195 Å². The van der Waals surface area contributed by atoms with Gasteiger partial charge in [0.15, 0.2) is 36.4 Å². The number of alkyl halides is 9. The number of benzene rings is 9. The number of hydrogen-bond acceptors (Lipinski definition) is 16. The Bertz CT molecular complexity index is 5020. The first-order valence-corrected chi connectivity index (χ1v) is 45.1. The van der Waals surface area contributed by atoms with Crippen molar-refractivity contribution in [3.8, 4) is 17.2 Å². The van der Waals surface area contributed by atoms with E-state index in [9.17, 15) is 57.3 Å². The first kappa shape index (κ1) is 99.0. The minimum Gasteiger partial charge on any atom is -0.491 e. The number of rotatable bonds is 24. The van der Waals surface area contributed by atoms with Crippen molar-refractivity contribution in [2.45, 2.75) is 252 Å². The standard InChI is InChI=1S/3C31H34BrF2N3O4.C2HF3O2/c3*1-17(2)41-26-12-5-18-13-20(4-3-19(18)14-26)27(38)29(39)36-28(31(33,34)21-6-8-22(32)9-7-21)30(40)37-24-10-11-25(37)16-23(35)15-24;3-2(4,5)1(6)7/h3*3-9,12-14,17,23-25,27-28,38H,10-11,15-16,35H2,1-2H3,(H,36,39);(H,6,7)/t2*23?,24?,25?,27-,28+;23?,24?,25?,27-,28-;/m001./s1. The Labute approximate surface area is 770 Å². The van der Waals surface area contributed by atoms with Gasteiger partial charge in [0, 0.05) is 84.5 Å². The van der Waals surface area contributed by atoms with Crippen LogP contribution in [-0.2, 0) is 51.3 Å². The molecule has 15 rings (SSSR count). The molecule has 13 N–H and O–H groups in total. The van der Waals surface area contributed by atoms with E-state index >= 15 is 26.3 Å². The predicted octanol–water partition coefficient (Wildman–Crippen LogP) is 16.2. The number of aliphatic hydroxyl groups is 3. The Morgan fingerprint density at radius 2 is 0.546 bits per heavy atom. The molecule has 6 amide bonds. The Balaban J connectivity index is 0.000000170. The van der Waals surface area contributed by atoms with Crippen LogP contribution in [-0.4, -0.2) is 174 Å². The number of carboxylic acids is 1. The van der Waals surface area contributed by atoms with E-state index in [0.29, 0.717) is 108 Å². The molecule has 0 saturated carbocycles. The summed E-state index contributed by atoms with van der Waals surface area (Å²) in [5.41, 5.74) is 17.8. The largest absolute Gasteiger partial charge is 0.491 e. The van der Waals surface area contributed by atoms with Crippen molar-refractivity contribution >= 4 is 122 Å². The van der Waals surface area contributed by atoms with Crippen molar-refractivity contribution in [1.29, 1.82) is 0 Å². The number of fused-ring (bicyclic) bond motifs is 9. The first-order valence-electron chi connectivity index (χ1n) is 42.8. The number of amides is 6. The van der Waals surface area contributed by atoms with E-state index in [1.807, 2.05) is 59.7 Å². The summed E-state index contributed by atoms with van der Waals surface area (Å²) in [7, 11) is 0. The minimum absolute atomic E-state index is 0.000277. The molecule has 6 saturated heterocycles. The lowest BCUT2D eigenvalue weighted by Gasteiger charge is -2.41. The number of nitrogens with two attached hydrogens (primary N) is 3. The van der Waals surface area contributed by atoms with E-state index in [2.05, 4.69) is 63.7 Å². The number of aliphatic carboxylic acids is 1. The monoisotopic (exact) mass is 2000 g/mol. The summed E-state index contributed by atoms with van der Waals surface area (Å²) in [6.45, 7) is 11.5. The molecule has 0 aromatic heterocycles. The van der Waals surface area contributed by atoms with Crippen LogP contribution in [0.3, 0.4) is 0 Å². The van der Waals surface area contributed by atoms with Crippen molar-refractivity contribution < 1.29 is 108 Å². The third-order valence-corrected chi connectivity index (χ3v) is 25.6. The molecule has 6 aliphatic rings. The molecule has 130 heavy (non-hydrogen) atoms. The molecule has 0 radical (unpaired) electrons. The average molecular weight is 2010 g/mol. The molecule has 6 heterocycles. The van der Waals surface area contributed by atoms with Crippen molar-refractivity contribution in [3.05, 3.63) is 229 Å². The molecular weight excluding hydrogens is 1900 g/mol. The maximum atomic E-state index is 16.1. The lowest BCUT2D eigenvalue weighted by molar-refractivity contribution is -0.192. The topological polar surface area (TPSA) is 352 Å². The second kappa shape index (κ2) is 41.4. The van der Waals surface area contributed by atoms with Gasteiger partial charge in [0.25, 0.3) is 35.4 Å². The molecule has 12 atom stereocenters. The summed E-state index contributed by atoms with van der Waals surface area (Å²) in [5.74, 6) is -17.8. The molecule has 6 fully saturated rings. The molecule has 35 heteroatoms. The van der Waals surface area contributed by atoms with Gasteiger partial charge in [-0.25, -0.2) is 4.79 Å². The van der Waals surface area contributed by atoms with Crippen molar-refractivity contribution in [1.82, 2.24) is 30.7 Å². The van der Waals surface area contributed by atoms with Crippen molar-refractivity contribution in [2.24, 2.45) is 17.2 Å². The number of carboxylic acid groups (broad SMARTS) is 1. The van der Waals surface area contributed by atoms with Crippen LogP contribution in [0.1, 0.15) is 170 Å². The number of halogens is 12. The van der Waals surface area contributed by atoms with Gasteiger partial charge in [-0.15, -0.1) is 0 Å². The Morgan fingerprint density at radius 3 is 0.746 bits per heavy atom. The number of nitrogens with zero attached hydrogens (tertiary/aromatic N) is 3. The smallest absolute Gasteiger partial charge is 0.490 e. The van der Waals surface area contributed by atoms with Gasteiger partial charge >= 0.3 is 29.9 Å². The Kier molecular flexibility index (Phi) is 31.6. The number of piperidine rings is 3. The van der Waals surface area contributed by atoms with Gasteiger partial charge in [0.05, 0.1) is 18.3 Å². The molecule has 9 aromatic carbocycles. The maximum absolute atomic E-state index is 16.1. The molecule has 696 valence electrons. The van der Waals surface area contributed by atoms with Crippen LogP contribution in [0.5, 0.6) is 17.2 Å². The lowest BCUT2D eigenvalue weighted by atomic mass is 9.94. The molecule has 6 unspecified atom stereocenters. The normalized spacial score (nSPS) is 21.5. The van der Waals surface area contributed by atoms with Crippen molar-refractivity contribution in [3.63, 3.8) is 0 Å². The summed E-state index contributed by atoms with van der Waals surface area (Å²) in [6.07, 6.45) is -3.17. The fraction of sp³-hybridized carbons (Fsp3) is 0.421. The van der Waals surface area contributed by atoms with Crippen molar-refractivity contribution in [2.75, 3.05) is 0 Å². The quantitative estimate of drug-likeness (QED) is 0.0251. The molecule has 6 bridgehead atoms. The van der Waals surface area contributed by atoms with E-state index in [4.69, 9.17) is 41.3 Å². The van der Waals surface area contributed by atoms with Crippen LogP contribution in [0.25, 0.3) is 32.3 Å². The van der Waals surface area contributed by atoms with Gasteiger partial charge in [-0.05, 0) is 259 Å². The molecule has 6 aliphatic heterocycles. The molecule has 0 spiro atoms. The Hall–Kier alpha value is -9.98. The second-order valence-corrected chi connectivity index (χ2v) is 37.4. The first-order chi connectivity index (χ1) is 61.2. The minimum atomic E-state index is -5.08. The average Bonchev–Trinajstić information content (AvgIpc) is 1.59. The van der Waals surface area contributed by atoms with E-state index in [1.165, 1.54) is 87.5 Å². The second-order valence-electron chi connectivity index (χ2n) is 34.6. The number of hydrogen-bond donors (Lipinski definition) is 10. The van der Waals surface area contributed by atoms with Crippen LogP contribution in [0.2, 0.25) is 0 Å². The van der Waals surface area contributed by atoms with E-state index in [0.717, 1.165) is 32.3 Å². The summed E-state index contributed by atoms with van der Waals surface area (Å²) in [5, 5.41) is 51.4. The number of carbonyl (C=O) groups is 7. The third-order valence-electron chi connectivity index (χ3n) is 24.0. The Morgan fingerprint density at radius 1 is 0.346 bits per heavy atom. The summed E-state index contributed by atoms with van der Waals surface area (Å²) < 4.78 is 147. The third kappa shape index (κ3) is 23.4. The number of carbonyl (C=O) groups excluding carboxylic acids is 6. The maximum Gasteiger partial charge on any atom is 0.490 e. The van der Waals surface area contributed by atoms with E-state index in [-0.39, 0.29) is 89.4 Å². The van der Waals surface area contributed by atoms with Crippen LogP contribution in [0, 0.1) is 0 Å². The van der Waals surface area contributed by atoms with Gasteiger partial charge in [-0.3, -0.25) is 28.8 Å². The fourth-order valence-corrected chi connectivity index (χ4v) is 18.8. The summed E-state index contributed by atoms with van der Waals surface area (Å²) >= 11 is 9.74. The fourth-order valence-electron chi connectivity index (χ4n) is 18.0. The number of ether oxygens (including phenoxy) is 3. The molecule has 0 aliphatic carbocycles. The van der Waals surface area contributed by atoms with Gasteiger partial charge < -0.3 is 82.5 Å². The van der Waals surface area contributed by atoms with Crippen LogP contribution >= 0.6 is 47.8 Å². The molecule has 9 aromatic rings. The lowest BCUT2D eigenvalue weighted by Crippen LogP contribution is -2.61. The highest BCUT2D eigenvalue weighted by Gasteiger charge is 2.57. The van der Waals surface area contributed by atoms with Crippen LogP contribution < -0.4 is 47.4 Å². The number of aliphatic hydroxyl groups excluding tert-OH is 3. The van der Waals surface area contributed by atoms with E-state index < -0.39 is 118 Å². The molecule has 23 nitrogen and oxygen atoms in total. The molecular formula is C95H103Br3F9N9O14. The zero-order chi connectivity index (χ0) is 94.5.